The molecular formula is C15H17ClFNS. The van der Waals surface area contributed by atoms with Crippen molar-refractivity contribution >= 4 is 22.9 Å². The third-order valence-corrected chi connectivity index (χ3v) is 4.94. The molecule has 0 radical (unpaired) electrons. The van der Waals surface area contributed by atoms with Gasteiger partial charge in [-0.05, 0) is 43.7 Å². The molecule has 1 unspecified atom stereocenters. The molecule has 0 amide bonds. The molecule has 0 aliphatic heterocycles. The number of benzene rings is 1. The van der Waals surface area contributed by atoms with Crippen molar-refractivity contribution in [1.29, 1.82) is 0 Å². The SMILES string of the molecule is CCc1ccc(C(Cc2cccc(F)c2Cl)NC)s1. The zero-order chi connectivity index (χ0) is 13.8. The van der Waals surface area contributed by atoms with Crippen LogP contribution >= 0.6 is 22.9 Å². The van der Waals surface area contributed by atoms with Crippen LogP contribution in [0.3, 0.4) is 0 Å². The number of aryl methyl sites for hydroxylation is 1. The lowest BCUT2D eigenvalue weighted by Gasteiger charge is -2.15. The van der Waals surface area contributed by atoms with Gasteiger partial charge in [0.2, 0.25) is 0 Å². The van der Waals surface area contributed by atoms with E-state index < -0.39 is 0 Å². The van der Waals surface area contributed by atoms with Gasteiger partial charge in [0, 0.05) is 15.8 Å². The average molecular weight is 298 g/mol. The van der Waals surface area contributed by atoms with E-state index in [1.165, 1.54) is 15.8 Å². The fourth-order valence-electron chi connectivity index (χ4n) is 2.04. The van der Waals surface area contributed by atoms with Crippen LogP contribution in [0.25, 0.3) is 0 Å². The summed E-state index contributed by atoms with van der Waals surface area (Å²) in [5.74, 6) is -0.352. The molecular weight excluding hydrogens is 281 g/mol. The third kappa shape index (κ3) is 3.35. The summed E-state index contributed by atoms with van der Waals surface area (Å²) in [7, 11) is 1.92. The van der Waals surface area contributed by atoms with E-state index in [2.05, 4.69) is 24.4 Å². The van der Waals surface area contributed by atoms with Crippen molar-refractivity contribution in [2.45, 2.75) is 25.8 Å². The Morgan fingerprint density at radius 3 is 2.74 bits per heavy atom. The van der Waals surface area contributed by atoms with Gasteiger partial charge in [-0.3, -0.25) is 0 Å². The van der Waals surface area contributed by atoms with Gasteiger partial charge in [0.25, 0.3) is 0 Å². The molecule has 1 atom stereocenters. The Balaban J connectivity index is 2.21. The number of rotatable bonds is 5. The van der Waals surface area contributed by atoms with Gasteiger partial charge in [-0.2, -0.15) is 0 Å². The predicted octanol–water partition coefficient (Wildman–Crippen LogP) is 4.61. The summed E-state index contributed by atoms with van der Waals surface area (Å²) in [6, 6.07) is 9.43. The van der Waals surface area contributed by atoms with Crippen LogP contribution in [0.15, 0.2) is 30.3 Å². The molecule has 0 aliphatic rings. The second-order valence-corrected chi connectivity index (χ2v) is 5.99. The topological polar surface area (TPSA) is 12.0 Å². The lowest BCUT2D eigenvalue weighted by molar-refractivity contribution is 0.592. The van der Waals surface area contributed by atoms with Crippen LogP contribution in [0.4, 0.5) is 4.39 Å². The van der Waals surface area contributed by atoms with Crippen molar-refractivity contribution in [1.82, 2.24) is 5.32 Å². The van der Waals surface area contributed by atoms with Gasteiger partial charge in [-0.25, -0.2) is 4.39 Å². The normalized spacial score (nSPS) is 12.6. The number of nitrogens with one attached hydrogen (secondary N) is 1. The smallest absolute Gasteiger partial charge is 0.142 e. The Bertz CT molecular complexity index is 553. The molecule has 1 N–H and O–H groups in total. The Morgan fingerprint density at radius 2 is 2.11 bits per heavy atom. The third-order valence-electron chi connectivity index (χ3n) is 3.18. The summed E-state index contributed by atoms with van der Waals surface area (Å²) in [6.07, 6.45) is 1.73. The molecule has 2 aromatic rings. The van der Waals surface area contributed by atoms with Crippen molar-refractivity contribution in [3.05, 3.63) is 56.5 Å². The molecule has 0 saturated heterocycles. The summed E-state index contributed by atoms with van der Waals surface area (Å²) >= 11 is 7.81. The Kier molecular flexibility index (Phi) is 4.97. The highest BCUT2D eigenvalue weighted by molar-refractivity contribution is 7.12. The van der Waals surface area contributed by atoms with Gasteiger partial charge in [-0.1, -0.05) is 30.7 Å². The van der Waals surface area contributed by atoms with Gasteiger partial charge in [0.15, 0.2) is 0 Å². The first-order chi connectivity index (χ1) is 9.15. The van der Waals surface area contributed by atoms with Crippen LogP contribution < -0.4 is 5.32 Å². The van der Waals surface area contributed by atoms with E-state index in [1.54, 1.807) is 17.4 Å². The molecule has 1 aromatic carbocycles. The molecule has 1 heterocycles. The quantitative estimate of drug-likeness (QED) is 0.850. The van der Waals surface area contributed by atoms with Crippen LogP contribution in [-0.4, -0.2) is 7.05 Å². The second kappa shape index (κ2) is 6.51. The standard InChI is InChI=1S/C15H17ClFNS/c1-3-11-7-8-14(19-11)13(18-2)9-10-5-4-6-12(17)15(10)16/h4-8,13,18H,3,9H2,1-2H3. The van der Waals surface area contributed by atoms with E-state index >= 15 is 0 Å². The van der Waals surface area contributed by atoms with Crippen molar-refractivity contribution in [2.24, 2.45) is 0 Å². The monoisotopic (exact) mass is 297 g/mol. The van der Waals surface area contributed by atoms with Crippen molar-refractivity contribution < 1.29 is 4.39 Å². The van der Waals surface area contributed by atoms with E-state index in [0.717, 1.165) is 12.0 Å². The highest BCUT2D eigenvalue weighted by atomic mass is 35.5. The van der Waals surface area contributed by atoms with Crippen molar-refractivity contribution in [3.63, 3.8) is 0 Å². The number of halogens is 2. The summed E-state index contributed by atoms with van der Waals surface area (Å²) < 4.78 is 13.4. The molecule has 0 spiro atoms. The maximum atomic E-state index is 13.4. The van der Waals surface area contributed by atoms with Gasteiger partial charge >= 0.3 is 0 Å². The van der Waals surface area contributed by atoms with E-state index in [4.69, 9.17) is 11.6 Å². The largest absolute Gasteiger partial charge is 0.312 e. The number of likely N-dealkylation sites (N-methyl/N-ethyl adjacent to an activating group) is 1. The molecule has 1 nitrogen and oxygen atoms in total. The molecule has 0 saturated carbocycles. The molecule has 1 aromatic heterocycles. The Morgan fingerprint density at radius 1 is 1.32 bits per heavy atom. The zero-order valence-electron chi connectivity index (χ0n) is 11.0. The minimum absolute atomic E-state index is 0.171. The minimum atomic E-state index is -0.352. The lowest BCUT2D eigenvalue weighted by atomic mass is 10.0. The summed E-state index contributed by atoms with van der Waals surface area (Å²) in [4.78, 5) is 2.63. The van der Waals surface area contributed by atoms with E-state index in [-0.39, 0.29) is 16.9 Å². The molecule has 102 valence electrons. The van der Waals surface area contributed by atoms with Crippen LogP contribution in [0.2, 0.25) is 5.02 Å². The maximum Gasteiger partial charge on any atom is 0.142 e. The van der Waals surface area contributed by atoms with Crippen LogP contribution in [-0.2, 0) is 12.8 Å². The fourth-order valence-corrected chi connectivity index (χ4v) is 3.31. The van der Waals surface area contributed by atoms with E-state index in [0.29, 0.717) is 6.42 Å². The first-order valence-electron chi connectivity index (χ1n) is 6.34. The highest BCUT2D eigenvalue weighted by Gasteiger charge is 2.15. The first kappa shape index (κ1) is 14.5. The molecule has 0 bridgehead atoms. The van der Waals surface area contributed by atoms with E-state index in [1.807, 2.05) is 13.1 Å². The van der Waals surface area contributed by atoms with E-state index in [9.17, 15) is 4.39 Å². The van der Waals surface area contributed by atoms with Crippen LogP contribution in [0.5, 0.6) is 0 Å². The zero-order valence-corrected chi connectivity index (χ0v) is 12.6. The summed E-state index contributed by atoms with van der Waals surface area (Å²) in [5, 5.41) is 3.51. The van der Waals surface area contributed by atoms with Gasteiger partial charge < -0.3 is 5.32 Å². The van der Waals surface area contributed by atoms with Crippen molar-refractivity contribution in [2.75, 3.05) is 7.05 Å². The fraction of sp³-hybridized carbons (Fsp3) is 0.333. The first-order valence-corrected chi connectivity index (χ1v) is 7.54. The molecule has 19 heavy (non-hydrogen) atoms. The minimum Gasteiger partial charge on any atom is -0.312 e. The Hall–Kier alpha value is -0.900. The van der Waals surface area contributed by atoms with Gasteiger partial charge in [0.1, 0.15) is 5.82 Å². The second-order valence-electron chi connectivity index (χ2n) is 4.42. The number of hydrogen-bond donors (Lipinski definition) is 1. The molecule has 0 aliphatic carbocycles. The lowest BCUT2D eigenvalue weighted by Crippen LogP contribution is -2.18. The molecule has 0 fully saturated rings. The van der Waals surface area contributed by atoms with Crippen LogP contribution in [0.1, 0.15) is 28.3 Å². The molecule has 2 rings (SSSR count). The van der Waals surface area contributed by atoms with Gasteiger partial charge in [0.05, 0.1) is 5.02 Å². The Labute approximate surface area is 122 Å². The molecule has 4 heteroatoms. The highest BCUT2D eigenvalue weighted by Crippen LogP contribution is 2.29. The maximum absolute atomic E-state index is 13.4. The number of hydrogen-bond acceptors (Lipinski definition) is 2. The predicted molar refractivity (Wildman–Crippen MR) is 80.6 cm³/mol. The number of thiophene rings is 1. The average Bonchev–Trinajstić information content (AvgIpc) is 2.89. The van der Waals surface area contributed by atoms with Crippen molar-refractivity contribution in [3.8, 4) is 0 Å². The summed E-state index contributed by atoms with van der Waals surface area (Å²) in [5.41, 5.74) is 0.840. The summed E-state index contributed by atoms with van der Waals surface area (Å²) in [6.45, 7) is 2.15. The van der Waals surface area contributed by atoms with Gasteiger partial charge in [-0.15, -0.1) is 11.3 Å². The van der Waals surface area contributed by atoms with Crippen LogP contribution in [0, 0.1) is 5.82 Å².